The molecule has 1 amide bonds. The molecule has 1 aromatic rings. The van der Waals surface area contributed by atoms with Crippen LogP contribution in [0.4, 0.5) is 5.69 Å². The first-order valence-corrected chi connectivity index (χ1v) is 7.21. The molecule has 0 bridgehead atoms. The van der Waals surface area contributed by atoms with Gasteiger partial charge in [0.25, 0.3) is 0 Å². The van der Waals surface area contributed by atoms with E-state index in [1.807, 2.05) is 29.2 Å². The number of rotatable bonds is 7. The minimum atomic E-state index is 0.219. The minimum absolute atomic E-state index is 0.219. The molecule has 0 aromatic heterocycles. The first-order chi connectivity index (χ1) is 9.12. The summed E-state index contributed by atoms with van der Waals surface area (Å²) in [5.41, 5.74) is 7.67. The van der Waals surface area contributed by atoms with Crippen molar-refractivity contribution in [2.75, 3.05) is 11.4 Å². The van der Waals surface area contributed by atoms with E-state index >= 15 is 0 Å². The summed E-state index contributed by atoms with van der Waals surface area (Å²) in [4.78, 5) is 14.3. The van der Waals surface area contributed by atoms with Crippen molar-refractivity contribution >= 4 is 11.6 Å². The van der Waals surface area contributed by atoms with Crippen LogP contribution >= 0.6 is 0 Å². The molecule has 0 heterocycles. The second-order valence-electron chi connectivity index (χ2n) is 5.13. The average molecular weight is 262 g/mol. The number of anilines is 1. The normalized spacial score (nSPS) is 12.2. The zero-order valence-electron chi connectivity index (χ0n) is 12.4. The SMILES string of the molecule is CCCN(C(=O)CC(C)CC)c1ccc(CN)cc1. The molecule has 1 aromatic carbocycles. The maximum atomic E-state index is 12.4. The van der Waals surface area contributed by atoms with Crippen LogP contribution in [-0.2, 0) is 11.3 Å². The second-order valence-corrected chi connectivity index (χ2v) is 5.13. The van der Waals surface area contributed by atoms with Gasteiger partial charge in [-0.3, -0.25) is 4.79 Å². The lowest BCUT2D eigenvalue weighted by atomic mass is 10.0. The molecule has 0 saturated carbocycles. The van der Waals surface area contributed by atoms with Crippen molar-refractivity contribution in [2.24, 2.45) is 11.7 Å². The summed E-state index contributed by atoms with van der Waals surface area (Å²) in [5.74, 6) is 0.659. The van der Waals surface area contributed by atoms with Gasteiger partial charge in [-0.15, -0.1) is 0 Å². The van der Waals surface area contributed by atoms with Gasteiger partial charge in [0, 0.05) is 25.2 Å². The molecule has 19 heavy (non-hydrogen) atoms. The van der Waals surface area contributed by atoms with Crippen molar-refractivity contribution < 1.29 is 4.79 Å². The zero-order valence-corrected chi connectivity index (χ0v) is 12.4. The molecule has 0 fully saturated rings. The molecule has 0 saturated heterocycles. The maximum Gasteiger partial charge on any atom is 0.227 e. The van der Waals surface area contributed by atoms with Crippen molar-refractivity contribution in [1.29, 1.82) is 0 Å². The highest BCUT2D eigenvalue weighted by Gasteiger charge is 2.16. The summed E-state index contributed by atoms with van der Waals surface area (Å²) in [6, 6.07) is 7.97. The molecule has 0 aliphatic carbocycles. The Morgan fingerprint density at radius 1 is 1.26 bits per heavy atom. The number of carbonyl (C=O) groups is 1. The number of amides is 1. The van der Waals surface area contributed by atoms with Crippen LogP contribution < -0.4 is 10.6 Å². The van der Waals surface area contributed by atoms with E-state index in [0.29, 0.717) is 18.9 Å². The fraction of sp³-hybridized carbons (Fsp3) is 0.562. The van der Waals surface area contributed by atoms with Gasteiger partial charge in [-0.25, -0.2) is 0 Å². The van der Waals surface area contributed by atoms with Crippen molar-refractivity contribution in [2.45, 2.75) is 46.6 Å². The Kier molecular flexibility index (Phi) is 6.57. The predicted octanol–water partition coefficient (Wildman–Crippen LogP) is 3.32. The quantitative estimate of drug-likeness (QED) is 0.819. The van der Waals surface area contributed by atoms with Crippen LogP contribution in [0.2, 0.25) is 0 Å². The van der Waals surface area contributed by atoms with Crippen molar-refractivity contribution in [3.63, 3.8) is 0 Å². The summed E-state index contributed by atoms with van der Waals surface area (Å²) < 4.78 is 0. The smallest absolute Gasteiger partial charge is 0.227 e. The maximum absolute atomic E-state index is 12.4. The predicted molar refractivity (Wildman–Crippen MR) is 81.0 cm³/mol. The summed E-state index contributed by atoms with van der Waals surface area (Å²) in [7, 11) is 0. The van der Waals surface area contributed by atoms with E-state index in [4.69, 9.17) is 5.73 Å². The number of carbonyl (C=O) groups excluding carboxylic acids is 1. The first-order valence-electron chi connectivity index (χ1n) is 7.21. The van der Waals surface area contributed by atoms with Gasteiger partial charge >= 0.3 is 0 Å². The van der Waals surface area contributed by atoms with E-state index in [1.165, 1.54) is 0 Å². The molecule has 106 valence electrons. The van der Waals surface area contributed by atoms with Crippen molar-refractivity contribution in [1.82, 2.24) is 0 Å². The van der Waals surface area contributed by atoms with Gasteiger partial charge in [0.1, 0.15) is 0 Å². The van der Waals surface area contributed by atoms with Gasteiger partial charge in [0.2, 0.25) is 5.91 Å². The molecule has 1 unspecified atom stereocenters. The van der Waals surface area contributed by atoms with Gasteiger partial charge in [-0.1, -0.05) is 39.3 Å². The standard InChI is InChI=1S/C16H26N2O/c1-4-10-18(16(19)11-13(3)5-2)15-8-6-14(12-17)7-9-15/h6-9,13H,4-5,10-12,17H2,1-3H3. The Balaban J connectivity index is 2.82. The molecule has 2 N–H and O–H groups in total. The van der Waals surface area contributed by atoms with Crippen LogP contribution in [0, 0.1) is 5.92 Å². The Morgan fingerprint density at radius 2 is 1.89 bits per heavy atom. The molecule has 1 rings (SSSR count). The van der Waals surface area contributed by atoms with Gasteiger partial charge in [0.15, 0.2) is 0 Å². The number of nitrogens with zero attached hydrogens (tertiary/aromatic N) is 1. The third-order valence-corrected chi connectivity index (χ3v) is 3.45. The van der Waals surface area contributed by atoms with E-state index in [0.717, 1.165) is 30.6 Å². The summed E-state index contributed by atoms with van der Waals surface area (Å²) in [6.07, 6.45) is 2.62. The Morgan fingerprint density at radius 3 is 2.37 bits per heavy atom. The van der Waals surface area contributed by atoms with Crippen LogP contribution in [0.15, 0.2) is 24.3 Å². The number of benzene rings is 1. The second kappa shape index (κ2) is 7.95. The summed E-state index contributed by atoms with van der Waals surface area (Å²) in [6.45, 7) is 7.65. The largest absolute Gasteiger partial charge is 0.326 e. The van der Waals surface area contributed by atoms with Gasteiger partial charge in [0.05, 0.1) is 0 Å². The van der Waals surface area contributed by atoms with Crippen LogP contribution in [0.5, 0.6) is 0 Å². The monoisotopic (exact) mass is 262 g/mol. The van der Waals surface area contributed by atoms with Gasteiger partial charge in [-0.2, -0.15) is 0 Å². The topological polar surface area (TPSA) is 46.3 Å². The van der Waals surface area contributed by atoms with E-state index in [1.54, 1.807) is 0 Å². The van der Waals surface area contributed by atoms with Gasteiger partial charge in [-0.05, 0) is 30.0 Å². The summed E-state index contributed by atoms with van der Waals surface area (Å²) >= 11 is 0. The fourth-order valence-electron chi connectivity index (χ4n) is 1.99. The molecular weight excluding hydrogens is 236 g/mol. The van der Waals surface area contributed by atoms with E-state index in [2.05, 4.69) is 20.8 Å². The first kappa shape index (κ1) is 15.7. The molecule has 1 atom stereocenters. The molecule has 0 radical (unpaired) electrons. The van der Waals surface area contributed by atoms with Gasteiger partial charge < -0.3 is 10.6 Å². The Labute approximate surface area is 116 Å². The number of hydrogen-bond donors (Lipinski definition) is 1. The van der Waals surface area contributed by atoms with Crippen LogP contribution in [0.25, 0.3) is 0 Å². The molecular formula is C16H26N2O. The van der Waals surface area contributed by atoms with E-state index in [-0.39, 0.29) is 5.91 Å². The third-order valence-electron chi connectivity index (χ3n) is 3.45. The average Bonchev–Trinajstić information content (AvgIpc) is 2.44. The summed E-state index contributed by atoms with van der Waals surface area (Å²) in [5, 5.41) is 0. The Bertz CT molecular complexity index is 386. The highest BCUT2D eigenvalue weighted by atomic mass is 16.2. The minimum Gasteiger partial charge on any atom is -0.326 e. The fourth-order valence-corrected chi connectivity index (χ4v) is 1.99. The van der Waals surface area contributed by atoms with Crippen LogP contribution in [-0.4, -0.2) is 12.5 Å². The molecule has 0 aliphatic heterocycles. The van der Waals surface area contributed by atoms with Crippen molar-refractivity contribution in [3.8, 4) is 0 Å². The Hall–Kier alpha value is -1.35. The zero-order chi connectivity index (χ0) is 14.3. The lowest BCUT2D eigenvalue weighted by Crippen LogP contribution is -2.32. The molecule has 3 nitrogen and oxygen atoms in total. The van der Waals surface area contributed by atoms with E-state index in [9.17, 15) is 4.79 Å². The highest BCUT2D eigenvalue weighted by Crippen LogP contribution is 2.19. The van der Waals surface area contributed by atoms with E-state index < -0.39 is 0 Å². The lowest BCUT2D eigenvalue weighted by molar-refractivity contribution is -0.119. The van der Waals surface area contributed by atoms with Crippen LogP contribution in [0.1, 0.15) is 45.6 Å². The third kappa shape index (κ3) is 4.67. The van der Waals surface area contributed by atoms with Crippen molar-refractivity contribution in [3.05, 3.63) is 29.8 Å². The molecule has 0 aliphatic rings. The number of nitrogens with two attached hydrogens (primary N) is 1. The lowest BCUT2D eigenvalue weighted by Gasteiger charge is -2.24. The van der Waals surface area contributed by atoms with Crippen LogP contribution in [0.3, 0.4) is 0 Å². The molecule has 3 heteroatoms. The highest BCUT2D eigenvalue weighted by molar-refractivity contribution is 5.93. The molecule has 0 spiro atoms. The number of hydrogen-bond acceptors (Lipinski definition) is 2.